The summed E-state index contributed by atoms with van der Waals surface area (Å²) < 4.78 is 12.2. The van der Waals surface area contributed by atoms with E-state index in [-0.39, 0.29) is 23.8 Å². The Morgan fingerprint density at radius 3 is 2.18 bits per heavy atom. The van der Waals surface area contributed by atoms with Gasteiger partial charge in [-0.2, -0.15) is 5.10 Å². The Kier molecular flexibility index (Phi) is 10.3. The van der Waals surface area contributed by atoms with Crippen molar-refractivity contribution in [3.63, 3.8) is 0 Å². The number of benzene rings is 2. The van der Waals surface area contributed by atoms with Crippen LogP contribution >= 0.6 is 0 Å². The number of methoxy groups -OCH3 is 1. The Labute approximate surface area is 350 Å². The lowest BCUT2D eigenvalue weighted by molar-refractivity contribution is -0.136. The van der Waals surface area contributed by atoms with Gasteiger partial charge in [-0.15, -0.1) is 0 Å². The monoisotopic (exact) mass is 816 g/mol. The number of hydrogen-bond acceptors (Lipinski definition) is 12. The minimum absolute atomic E-state index is 0.0388. The standard InChI is InChI=1S/C45H56N10O5/c1-45(13-14-45)60-31-7-9-35-33(23-31)41(50-49-35)36-24-39(47-28-46-36)54-21-17-52(18-22-54)26-30-5-3-29(4-6-30)25-51-15-19-53(20-16-51)37-10-8-32-34(42(37)59-2)27-55(44(32)58)38-11-12-40(56)48-43(38)57/h7-10,23-24,28-30,38H,3-6,11-22,25-27H2,1-2H3,(H,49,50)(H,48,56,57)/t29-,30-,38?. The maximum Gasteiger partial charge on any atom is 0.255 e. The van der Waals surface area contributed by atoms with E-state index in [2.05, 4.69) is 64.1 Å². The molecule has 4 aliphatic heterocycles. The fourth-order valence-electron chi connectivity index (χ4n) is 10.2. The van der Waals surface area contributed by atoms with Crippen LogP contribution in [0.25, 0.3) is 22.3 Å². The predicted octanol–water partition coefficient (Wildman–Crippen LogP) is 4.47. The highest BCUT2D eigenvalue weighted by atomic mass is 16.5. The van der Waals surface area contributed by atoms with E-state index in [4.69, 9.17) is 9.47 Å². The number of ether oxygens (including phenoxy) is 2. The van der Waals surface area contributed by atoms with Gasteiger partial charge in [0.2, 0.25) is 11.8 Å². The number of piperazine rings is 2. The van der Waals surface area contributed by atoms with E-state index in [1.54, 1.807) is 18.3 Å². The summed E-state index contributed by atoms with van der Waals surface area (Å²) in [6, 6.07) is 11.4. The smallest absolute Gasteiger partial charge is 0.255 e. The van der Waals surface area contributed by atoms with Crippen LogP contribution in [0.4, 0.5) is 11.5 Å². The molecule has 6 heterocycles. The summed E-state index contributed by atoms with van der Waals surface area (Å²) in [5, 5.41) is 11.2. The van der Waals surface area contributed by atoms with E-state index in [9.17, 15) is 14.4 Å². The van der Waals surface area contributed by atoms with E-state index >= 15 is 0 Å². The van der Waals surface area contributed by atoms with Gasteiger partial charge in [0.25, 0.3) is 5.91 Å². The van der Waals surface area contributed by atoms with Gasteiger partial charge in [0.1, 0.15) is 41.0 Å². The molecule has 4 aromatic rings. The van der Waals surface area contributed by atoms with E-state index in [1.807, 2.05) is 24.3 Å². The first-order chi connectivity index (χ1) is 29.2. The Morgan fingerprint density at radius 2 is 1.52 bits per heavy atom. The third-order valence-corrected chi connectivity index (χ3v) is 14.0. The number of hydrogen-bond donors (Lipinski definition) is 2. The number of H-pyrrole nitrogens is 1. The van der Waals surface area contributed by atoms with Gasteiger partial charge >= 0.3 is 0 Å². The van der Waals surface area contributed by atoms with Crippen LogP contribution in [-0.4, -0.2) is 137 Å². The summed E-state index contributed by atoms with van der Waals surface area (Å²) in [4.78, 5) is 58.6. The van der Waals surface area contributed by atoms with E-state index in [1.165, 1.54) is 32.2 Å². The average molecular weight is 817 g/mol. The van der Waals surface area contributed by atoms with Crippen molar-refractivity contribution in [2.75, 3.05) is 82.4 Å². The lowest BCUT2D eigenvalue weighted by Gasteiger charge is -2.41. The molecule has 0 spiro atoms. The van der Waals surface area contributed by atoms with Crippen molar-refractivity contribution >= 4 is 40.1 Å². The molecule has 1 atom stereocenters. The number of imide groups is 1. The molecule has 5 fully saturated rings. The Morgan fingerprint density at radius 1 is 0.817 bits per heavy atom. The fraction of sp³-hybridized carbons (Fsp3) is 0.556. The summed E-state index contributed by atoms with van der Waals surface area (Å²) in [6.07, 6.45) is 9.61. The maximum atomic E-state index is 13.4. The summed E-state index contributed by atoms with van der Waals surface area (Å²) in [5.74, 6) is 3.18. The first-order valence-electron chi connectivity index (χ1n) is 22.0. The first-order valence-corrected chi connectivity index (χ1v) is 22.0. The molecule has 2 aromatic heterocycles. The summed E-state index contributed by atoms with van der Waals surface area (Å²) in [6.45, 7) is 12.6. The molecule has 1 unspecified atom stereocenters. The molecule has 60 heavy (non-hydrogen) atoms. The molecular weight excluding hydrogens is 761 g/mol. The second-order valence-corrected chi connectivity index (χ2v) is 18.1. The normalized spacial score (nSPS) is 24.8. The number of anilines is 2. The second-order valence-electron chi connectivity index (χ2n) is 18.1. The van der Waals surface area contributed by atoms with Crippen molar-refractivity contribution in [1.29, 1.82) is 0 Å². The van der Waals surface area contributed by atoms with Crippen LogP contribution in [0, 0.1) is 11.8 Å². The summed E-state index contributed by atoms with van der Waals surface area (Å²) >= 11 is 0. The lowest BCUT2D eigenvalue weighted by Crippen LogP contribution is -2.52. The largest absolute Gasteiger partial charge is 0.494 e. The maximum absolute atomic E-state index is 13.4. The van der Waals surface area contributed by atoms with Crippen molar-refractivity contribution in [1.82, 2.24) is 40.2 Å². The van der Waals surface area contributed by atoms with Gasteiger partial charge in [-0.25, -0.2) is 9.97 Å². The molecule has 15 heteroatoms. The van der Waals surface area contributed by atoms with Gasteiger partial charge < -0.3 is 24.2 Å². The minimum atomic E-state index is -0.641. The lowest BCUT2D eigenvalue weighted by atomic mass is 9.81. The van der Waals surface area contributed by atoms with Crippen LogP contribution in [0.2, 0.25) is 0 Å². The van der Waals surface area contributed by atoms with Crippen LogP contribution in [0.5, 0.6) is 11.5 Å². The van der Waals surface area contributed by atoms with Crippen molar-refractivity contribution in [3.05, 3.63) is 53.9 Å². The topological polar surface area (TPSA) is 152 Å². The number of aromatic nitrogens is 4. The van der Waals surface area contributed by atoms with Gasteiger partial charge in [-0.1, -0.05) is 0 Å². The highest BCUT2D eigenvalue weighted by molar-refractivity contribution is 6.06. The number of carbonyl (C=O) groups excluding carboxylic acids is 3. The molecule has 2 saturated carbocycles. The number of fused-ring (bicyclic) bond motifs is 2. The van der Waals surface area contributed by atoms with E-state index in [0.29, 0.717) is 24.3 Å². The van der Waals surface area contributed by atoms with Gasteiger partial charge in [-0.3, -0.25) is 34.6 Å². The van der Waals surface area contributed by atoms with Crippen LogP contribution in [0.15, 0.2) is 42.7 Å². The zero-order valence-electron chi connectivity index (χ0n) is 34.8. The molecule has 3 amide bonds. The molecule has 316 valence electrons. The summed E-state index contributed by atoms with van der Waals surface area (Å²) in [5.41, 5.74) is 4.99. The van der Waals surface area contributed by atoms with Crippen LogP contribution in [0.1, 0.15) is 74.2 Å². The number of amides is 3. The number of rotatable bonds is 11. The molecule has 0 bridgehead atoms. The predicted molar refractivity (Wildman–Crippen MR) is 227 cm³/mol. The highest BCUT2D eigenvalue weighted by Crippen LogP contribution is 2.42. The highest BCUT2D eigenvalue weighted by Gasteiger charge is 2.42. The van der Waals surface area contributed by atoms with Crippen LogP contribution < -0.4 is 24.6 Å². The number of nitrogens with one attached hydrogen (secondary N) is 2. The molecular formula is C45H56N10O5. The Hall–Kier alpha value is -5.28. The zero-order valence-corrected chi connectivity index (χ0v) is 34.8. The Bertz CT molecular complexity index is 2270. The number of piperidine rings is 1. The quantitative estimate of drug-likeness (QED) is 0.206. The third-order valence-electron chi connectivity index (χ3n) is 14.0. The van der Waals surface area contributed by atoms with E-state index < -0.39 is 11.9 Å². The van der Waals surface area contributed by atoms with Crippen molar-refractivity contribution in [3.8, 4) is 22.9 Å². The fourth-order valence-corrected chi connectivity index (χ4v) is 10.2. The molecule has 2 N–H and O–H groups in total. The zero-order chi connectivity index (χ0) is 41.0. The van der Waals surface area contributed by atoms with Gasteiger partial charge in [-0.05, 0) is 94.0 Å². The number of carbonyl (C=O) groups is 3. The SMILES string of the molecule is COc1c(N2CCN(C[C@H]3CC[C@H](CN4CCN(c5cc(-c6n[nH]c7ccc(OC8(C)CC8)cc67)ncn5)CC4)CC3)CC2)ccc2c1CN(C1CCC(=O)NC1=O)C2=O. The van der Waals surface area contributed by atoms with Crippen molar-refractivity contribution in [2.24, 2.45) is 11.8 Å². The van der Waals surface area contributed by atoms with Crippen LogP contribution in [0.3, 0.4) is 0 Å². The Balaban J connectivity index is 0.673. The molecule has 15 nitrogen and oxygen atoms in total. The molecule has 3 saturated heterocycles. The van der Waals surface area contributed by atoms with Crippen LogP contribution in [-0.2, 0) is 16.1 Å². The van der Waals surface area contributed by atoms with Crippen molar-refractivity contribution < 1.29 is 23.9 Å². The second kappa shape index (κ2) is 16.0. The average Bonchev–Trinajstić information content (AvgIpc) is 3.68. The summed E-state index contributed by atoms with van der Waals surface area (Å²) in [7, 11) is 1.66. The first kappa shape index (κ1) is 38.9. The molecule has 0 radical (unpaired) electrons. The van der Waals surface area contributed by atoms with Gasteiger partial charge in [0.05, 0.1) is 30.6 Å². The van der Waals surface area contributed by atoms with Crippen molar-refractivity contribution in [2.45, 2.75) is 76.5 Å². The molecule has 10 rings (SSSR count). The number of aromatic amines is 1. The molecule has 2 aromatic carbocycles. The van der Waals surface area contributed by atoms with Gasteiger partial charge in [0, 0.05) is 94.4 Å². The third kappa shape index (κ3) is 7.77. The minimum Gasteiger partial charge on any atom is -0.494 e. The van der Waals surface area contributed by atoms with E-state index in [0.717, 1.165) is 129 Å². The molecule has 6 aliphatic rings. The van der Waals surface area contributed by atoms with Gasteiger partial charge in [0.15, 0.2) is 0 Å². The number of nitrogens with zero attached hydrogens (tertiary/aromatic N) is 8. The molecule has 2 aliphatic carbocycles.